The number of rotatable bonds is 5. The maximum absolute atomic E-state index is 5.35. The summed E-state index contributed by atoms with van der Waals surface area (Å²) in [6.45, 7) is 3.22. The molecule has 0 fully saturated rings. The summed E-state index contributed by atoms with van der Waals surface area (Å²) in [5.74, 6) is 0.677. The van der Waals surface area contributed by atoms with Crippen molar-refractivity contribution in [2.24, 2.45) is 0 Å². The fourth-order valence-electron chi connectivity index (χ4n) is 0.964. The molecule has 1 aromatic heterocycles. The van der Waals surface area contributed by atoms with E-state index in [2.05, 4.69) is 11.9 Å². The summed E-state index contributed by atoms with van der Waals surface area (Å²) >= 11 is 0. The number of hydrogen-bond donors (Lipinski definition) is 0. The first kappa shape index (κ1) is 9.99. The average Bonchev–Trinajstić information content (AvgIpc) is 2.19. The van der Waals surface area contributed by atoms with E-state index in [0.717, 1.165) is 12.1 Å². The molecule has 72 valence electrons. The van der Waals surface area contributed by atoms with Gasteiger partial charge < -0.3 is 9.47 Å². The Bertz CT molecular complexity index is 250. The fourth-order valence-corrected chi connectivity index (χ4v) is 0.964. The summed E-state index contributed by atoms with van der Waals surface area (Å²) in [7, 11) is 1.65. The predicted molar refractivity (Wildman–Crippen MR) is 51.0 cm³/mol. The number of methoxy groups -OCH3 is 1. The zero-order chi connectivity index (χ0) is 9.52. The first-order valence-corrected chi connectivity index (χ1v) is 4.44. The van der Waals surface area contributed by atoms with Gasteiger partial charge in [0.25, 0.3) is 0 Å². The average molecular weight is 181 g/mol. The maximum atomic E-state index is 5.35. The monoisotopic (exact) mass is 181 g/mol. The van der Waals surface area contributed by atoms with E-state index in [-0.39, 0.29) is 0 Å². The predicted octanol–water partition coefficient (Wildman–Crippen LogP) is 1.67. The molecule has 0 spiro atoms. The summed E-state index contributed by atoms with van der Waals surface area (Å²) in [4.78, 5) is 4.29. The van der Waals surface area contributed by atoms with Crippen LogP contribution in [0.5, 0.6) is 5.88 Å². The van der Waals surface area contributed by atoms with Gasteiger partial charge in [-0.3, -0.25) is 0 Å². The lowest BCUT2D eigenvalue weighted by atomic mass is 10.3. The molecule has 3 nitrogen and oxygen atoms in total. The van der Waals surface area contributed by atoms with Crippen molar-refractivity contribution in [2.45, 2.75) is 13.3 Å². The molecule has 0 aromatic carbocycles. The van der Waals surface area contributed by atoms with Crippen LogP contribution < -0.4 is 4.74 Å². The van der Waals surface area contributed by atoms with E-state index in [9.17, 15) is 0 Å². The lowest BCUT2D eigenvalue weighted by molar-refractivity contribution is 0.143. The van der Waals surface area contributed by atoms with Gasteiger partial charge in [0.1, 0.15) is 6.61 Å². The minimum atomic E-state index is 0.552. The molecule has 1 rings (SSSR count). The van der Waals surface area contributed by atoms with E-state index in [0.29, 0.717) is 19.1 Å². The molecule has 0 bridgehead atoms. The van der Waals surface area contributed by atoms with E-state index in [1.807, 2.05) is 18.2 Å². The Morgan fingerprint density at radius 1 is 1.31 bits per heavy atom. The van der Waals surface area contributed by atoms with Crippen molar-refractivity contribution >= 4 is 0 Å². The van der Waals surface area contributed by atoms with Crippen LogP contribution in [0, 0.1) is 0 Å². The van der Waals surface area contributed by atoms with Crippen LogP contribution in [0.25, 0.3) is 0 Å². The van der Waals surface area contributed by atoms with Crippen molar-refractivity contribution in [2.75, 3.05) is 20.3 Å². The number of ether oxygens (including phenoxy) is 2. The van der Waals surface area contributed by atoms with Crippen LogP contribution in [0.1, 0.15) is 12.6 Å². The highest BCUT2D eigenvalue weighted by Crippen LogP contribution is 2.07. The van der Waals surface area contributed by atoms with Crippen LogP contribution in [-0.2, 0) is 11.2 Å². The summed E-state index contributed by atoms with van der Waals surface area (Å²) < 4.78 is 10.2. The number of pyridine rings is 1. The third-order valence-corrected chi connectivity index (χ3v) is 1.68. The number of aromatic nitrogens is 1. The van der Waals surface area contributed by atoms with Crippen LogP contribution in [0.4, 0.5) is 0 Å². The topological polar surface area (TPSA) is 31.4 Å². The third-order valence-electron chi connectivity index (χ3n) is 1.68. The number of hydrogen-bond acceptors (Lipinski definition) is 3. The molecule has 1 heterocycles. The third kappa shape index (κ3) is 3.42. The van der Waals surface area contributed by atoms with Gasteiger partial charge in [0, 0.05) is 18.9 Å². The summed E-state index contributed by atoms with van der Waals surface area (Å²) in [6, 6.07) is 5.80. The van der Waals surface area contributed by atoms with Crippen LogP contribution in [0.15, 0.2) is 18.2 Å². The molecule has 0 unspecified atom stereocenters. The van der Waals surface area contributed by atoms with Gasteiger partial charge in [-0.1, -0.05) is 13.0 Å². The highest BCUT2D eigenvalue weighted by molar-refractivity contribution is 5.15. The quantitative estimate of drug-likeness (QED) is 0.647. The van der Waals surface area contributed by atoms with E-state index >= 15 is 0 Å². The van der Waals surface area contributed by atoms with E-state index in [4.69, 9.17) is 9.47 Å². The van der Waals surface area contributed by atoms with Crippen LogP contribution in [0.2, 0.25) is 0 Å². The molecule has 0 saturated heterocycles. The molecule has 0 aliphatic rings. The minimum absolute atomic E-state index is 0.552. The van der Waals surface area contributed by atoms with Crippen LogP contribution in [0.3, 0.4) is 0 Å². The highest BCUT2D eigenvalue weighted by atomic mass is 16.5. The second kappa shape index (κ2) is 5.54. The van der Waals surface area contributed by atoms with Crippen molar-refractivity contribution in [3.63, 3.8) is 0 Å². The molecule has 0 radical (unpaired) electrons. The van der Waals surface area contributed by atoms with Gasteiger partial charge in [-0.15, -0.1) is 0 Å². The first-order chi connectivity index (χ1) is 6.36. The van der Waals surface area contributed by atoms with Crippen molar-refractivity contribution in [3.8, 4) is 5.88 Å². The van der Waals surface area contributed by atoms with Crippen molar-refractivity contribution < 1.29 is 9.47 Å². The second-order valence-electron chi connectivity index (χ2n) is 2.66. The zero-order valence-corrected chi connectivity index (χ0v) is 8.12. The van der Waals surface area contributed by atoms with Gasteiger partial charge in [-0.25, -0.2) is 4.98 Å². The Kier molecular flexibility index (Phi) is 4.26. The van der Waals surface area contributed by atoms with Crippen molar-refractivity contribution in [1.82, 2.24) is 4.98 Å². The standard InChI is InChI=1S/C10H15NO2/c1-3-9-5-4-6-10(11-9)13-8-7-12-2/h4-6H,3,7-8H2,1-2H3. The number of nitrogens with zero attached hydrogens (tertiary/aromatic N) is 1. The summed E-state index contributed by atoms with van der Waals surface area (Å²) in [5.41, 5.74) is 1.05. The van der Waals surface area contributed by atoms with Crippen molar-refractivity contribution in [3.05, 3.63) is 23.9 Å². The van der Waals surface area contributed by atoms with E-state index in [1.54, 1.807) is 7.11 Å². The molecule has 3 heteroatoms. The SMILES string of the molecule is CCc1cccc(OCCOC)n1. The van der Waals surface area contributed by atoms with Gasteiger partial charge in [0.05, 0.1) is 6.61 Å². The molecular formula is C10H15NO2. The molecule has 0 atom stereocenters. The molecule has 0 amide bonds. The smallest absolute Gasteiger partial charge is 0.213 e. The second-order valence-corrected chi connectivity index (χ2v) is 2.66. The van der Waals surface area contributed by atoms with Gasteiger partial charge in [0.15, 0.2) is 0 Å². The summed E-state index contributed by atoms with van der Waals surface area (Å²) in [5, 5.41) is 0. The van der Waals surface area contributed by atoms with Gasteiger partial charge in [-0.05, 0) is 12.5 Å². The Hall–Kier alpha value is -1.09. The Balaban J connectivity index is 2.46. The van der Waals surface area contributed by atoms with Crippen LogP contribution >= 0.6 is 0 Å². The number of aryl methyl sites for hydroxylation is 1. The first-order valence-electron chi connectivity index (χ1n) is 4.44. The zero-order valence-electron chi connectivity index (χ0n) is 8.12. The molecule has 13 heavy (non-hydrogen) atoms. The lowest BCUT2D eigenvalue weighted by Gasteiger charge is -2.04. The minimum Gasteiger partial charge on any atom is -0.475 e. The fraction of sp³-hybridized carbons (Fsp3) is 0.500. The van der Waals surface area contributed by atoms with Gasteiger partial charge in [0.2, 0.25) is 5.88 Å². The molecule has 0 aliphatic carbocycles. The normalized spacial score (nSPS) is 10.0. The maximum Gasteiger partial charge on any atom is 0.213 e. The highest BCUT2D eigenvalue weighted by Gasteiger charge is 1.95. The Labute approximate surface area is 78.7 Å². The molecule has 0 saturated carbocycles. The Morgan fingerprint density at radius 2 is 2.15 bits per heavy atom. The van der Waals surface area contributed by atoms with E-state index in [1.165, 1.54) is 0 Å². The Morgan fingerprint density at radius 3 is 2.85 bits per heavy atom. The molecule has 0 N–H and O–H groups in total. The molecular weight excluding hydrogens is 166 g/mol. The molecule has 0 aliphatic heterocycles. The van der Waals surface area contributed by atoms with Gasteiger partial charge in [-0.2, -0.15) is 0 Å². The summed E-state index contributed by atoms with van der Waals surface area (Å²) in [6.07, 6.45) is 0.932. The van der Waals surface area contributed by atoms with Gasteiger partial charge >= 0.3 is 0 Å². The lowest BCUT2D eigenvalue weighted by Crippen LogP contribution is -2.05. The van der Waals surface area contributed by atoms with Crippen LogP contribution in [-0.4, -0.2) is 25.3 Å². The molecule has 1 aromatic rings. The van der Waals surface area contributed by atoms with Crippen molar-refractivity contribution in [1.29, 1.82) is 0 Å². The largest absolute Gasteiger partial charge is 0.475 e. The van der Waals surface area contributed by atoms with E-state index < -0.39 is 0 Å².